The fourth-order valence-electron chi connectivity index (χ4n) is 1.13. The first kappa shape index (κ1) is 17.6. The van der Waals surface area contributed by atoms with Gasteiger partial charge in [-0.05, 0) is 19.8 Å². The Hall–Kier alpha value is -0.390. The summed E-state index contributed by atoms with van der Waals surface area (Å²) in [6.07, 6.45) is -4.61. The molecule has 0 bridgehead atoms. The van der Waals surface area contributed by atoms with Crippen LogP contribution < -0.4 is 0 Å². The van der Waals surface area contributed by atoms with Crippen LogP contribution in [0, 0.1) is 5.92 Å². The lowest BCUT2D eigenvalue weighted by Crippen LogP contribution is -2.26. The average Bonchev–Trinajstić information content (AvgIpc) is 2.11. The molecule has 0 spiro atoms. The first-order valence-electron chi connectivity index (χ1n) is 5.88. The minimum absolute atomic E-state index is 0.0156. The molecule has 0 radical (unpaired) electrons. The van der Waals surface area contributed by atoms with Crippen LogP contribution in [0.25, 0.3) is 0 Å². The normalized spacial score (nSPS) is 12.9. The lowest BCUT2D eigenvalue weighted by molar-refractivity contribution is -0.145. The van der Waals surface area contributed by atoms with Gasteiger partial charge in [-0.1, -0.05) is 13.8 Å². The number of rotatable bonds is 7. The van der Waals surface area contributed by atoms with Crippen molar-refractivity contribution in [2.75, 3.05) is 12.4 Å². The van der Waals surface area contributed by atoms with E-state index in [-0.39, 0.29) is 24.2 Å². The second kappa shape index (κ2) is 7.26. The molecule has 2 nitrogen and oxygen atoms in total. The Kier molecular flexibility index (Phi) is 7.10. The SMILES string of the molecule is CC(C)CC(=O)OCC(C)(C)SCCC(F)(F)F. The molecule has 0 amide bonds. The third-order valence-electron chi connectivity index (χ3n) is 2.03. The third-order valence-corrected chi connectivity index (χ3v) is 3.34. The monoisotopic (exact) mass is 286 g/mol. The van der Waals surface area contributed by atoms with E-state index in [0.29, 0.717) is 6.42 Å². The first-order chi connectivity index (χ1) is 8.02. The summed E-state index contributed by atoms with van der Waals surface area (Å²) in [5.41, 5.74) is 0. The molecule has 108 valence electrons. The second-order valence-electron chi connectivity index (χ2n) is 5.23. The van der Waals surface area contributed by atoms with Crippen LogP contribution in [0.4, 0.5) is 13.2 Å². The van der Waals surface area contributed by atoms with E-state index >= 15 is 0 Å². The highest BCUT2D eigenvalue weighted by Gasteiger charge is 2.29. The van der Waals surface area contributed by atoms with Crippen molar-refractivity contribution in [2.45, 2.75) is 51.5 Å². The molecule has 0 aromatic heterocycles. The van der Waals surface area contributed by atoms with Gasteiger partial charge in [0.1, 0.15) is 6.61 Å². The van der Waals surface area contributed by atoms with E-state index in [2.05, 4.69) is 0 Å². The van der Waals surface area contributed by atoms with E-state index in [1.807, 2.05) is 13.8 Å². The molecule has 6 heteroatoms. The molecule has 0 aliphatic heterocycles. The predicted octanol–water partition coefficient (Wildman–Crippen LogP) is 4.04. The maximum absolute atomic E-state index is 12.0. The molecule has 0 rings (SSSR count). The lowest BCUT2D eigenvalue weighted by atomic mass is 10.1. The number of alkyl halides is 3. The Balaban J connectivity index is 3.90. The molecule has 0 saturated carbocycles. The van der Waals surface area contributed by atoms with Gasteiger partial charge in [-0.15, -0.1) is 0 Å². The molecule has 0 aliphatic carbocycles. The number of ether oxygens (including phenoxy) is 1. The Bertz CT molecular complexity index is 263. The highest BCUT2D eigenvalue weighted by atomic mass is 32.2. The second-order valence-corrected chi connectivity index (χ2v) is 7.03. The Morgan fingerprint density at radius 2 is 1.83 bits per heavy atom. The van der Waals surface area contributed by atoms with E-state index in [1.165, 1.54) is 11.8 Å². The van der Waals surface area contributed by atoms with Crippen molar-refractivity contribution < 1.29 is 22.7 Å². The van der Waals surface area contributed by atoms with Gasteiger partial charge < -0.3 is 4.74 Å². The zero-order valence-corrected chi connectivity index (χ0v) is 12.1. The lowest BCUT2D eigenvalue weighted by Gasteiger charge is -2.24. The Labute approximate surface area is 111 Å². The summed E-state index contributed by atoms with van der Waals surface area (Å²) in [5, 5.41) is 0. The zero-order chi connectivity index (χ0) is 14.4. The number of carbonyl (C=O) groups excluding carboxylic acids is 1. The van der Waals surface area contributed by atoms with Crippen LogP contribution >= 0.6 is 11.8 Å². The smallest absolute Gasteiger partial charge is 0.389 e. The molecular formula is C12H21F3O2S. The molecule has 0 heterocycles. The van der Waals surface area contributed by atoms with Crippen molar-refractivity contribution in [1.82, 2.24) is 0 Å². The molecule has 0 atom stereocenters. The van der Waals surface area contributed by atoms with Crippen molar-refractivity contribution >= 4 is 17.7 Å². The molecule has 0 aromatic carbocycles. The third kappa shape index (κ3) is 10.7. The topological polar surface area (TPSA) is 26.3 Å². The van der Waals surface area contributed by atoms with Crippen molar-refractivity contribution in [3.05, 3.63) is 0 Å². The van der Waals surface area contributed by atoms with Crippen molar-refractivity contribution in [3.63, 3.8) is 0 Å². The number of halogens is 3. The van der Waals surface area contributed by atoms with Crippen LogP contribution in [0.2, 0.25) is 0 Å². The summed E-state index contributed by atoms with van der Waals surface area (Å²) in [5.74, 6) is -0.0916. The summed E-state index contributed by atoms with van der Waals surface area (Å²) < 4.78 is 40.5. The minimum Gasteiger partial charge on any atom is -0.464 e. The highest BCUT2D eigenvalue weighted by Crippen LogP contribution is 2.29. The number of hydrogen-bond donors (Lipinski definition) is 0. The average molecular weight is 286 g/mol. The van der Waals surface area contributed by atoms with E-state index in [1.54, 1.807) is 13.8 Å². The largest absolute Gasteiger partial charge is 0.464 e. The van der Waals surface area contributed by atoms with Gasteiger partial charge in [0.25, 0.3) is 0 Å². The van der Waals surface area contributed by atoms with Crippen LogP contribution in [-0.4, -0.2) is 29.3 Å². The van der Waals surface area contributed by atoms with E-state index < -0.39 is 17.3 Å². The Morgan fingerprint density at radius 3 is 2.28 bits per heavy atom. The summed E-state index contributed by atoms with van der Waals surface area (Å²) in [4.78, 5) is 11.3. The number of thioether (sulfide) groups is 1. The maximum atomic E-state index is 12.0. The van der Waals surface area contributed by atoms with Crippen molar-refractivity contribution in [1.29, 1.82) is 0 Å². The van der Waals surface area contributed by atoms with E-state index in [9.17, 15) is 18.0 Å². The van der Waals surface area contributed by atoms with Gasteiger partial charge in [0.05, 0.1) is 6.42 Å². The Morgan fingerprint density at radius 1 is 1.28 bits per heavy atom. The van der Waals surface area contributed by atoms with Gasteiger partial charge in [-0.3, -0.25) is 4.79 Å². The summed E-state index contributed by atoms with van der Waals surface area (Å²) in [6.45, 7) is 7.50. The number of carbonyl (C=O) groups is 1. The van der Waals surface area contributed by atoms with Crippen LogP contribution in [-0.2, 0) is 9.53 Å². The fourth-order valence-corrected chi connectivity index (χ4v) is 2.16. The van der Waals surface area contributed by atoms with Gasteiger partial charge in [-0.2, -0.15) is 24.9 Å². The molecular weight excluding hydrogens is 265 g/mol. The molecule has 0 N–H and O–H groups in total. The standard InChI is InChI=1S/C12H21F3O2S/c1-9(2)7-10(16)17-8-11(3,4)18-6-5-12(13,14)15/h9H,5-8H2,1-4H3. The van der Waals surface area contributed by atoms with Gasteiger partial charge in [0.15, 0.2) is 0 Å². The summed E-state index contributed by atoms with van der Waals surface area (Å²) in [7, 11) is 0. The molecule has 0 aromatic rings. The zero-order valence-electron chi connectivity index (χ0n) is 11.3. The quantitative estimate of drug-likeness (QED) is 0.661. The highest BCUT2D eigenvalue weighted by molar-refractivity contribution is 8.00. The minimum atomic E-state index is -4.13. The maximum Gasteiger partial charge on any atom is 0.389 e. The fraction of sp³-hybridized carbons (Fsp3) is 0.917. The first-order valence-corrected chi connectivity index (χ1v) is 6.87. The summed E-state index contributed by atoms with van der Waals surface area (Å²) >= 11 is 1.17. The van der Waals surface area contributed by atoms with Gasteiger partial charge in [0, 0.05) is 16.9 Å². The van der Waals surface area contributed by atoms with Crippen LogP contribution in [0.1, 0.15) is 40.5 Å². The number of hydrogen-bond acceptors (Lipinski definition) is 3. The van der Waals surface area contributed by atoms with Gasteiger partial charge >= 0.3 is 12.1 Å². The number of esters is 1. The molecule has 0 unspecified atom stereocenters. The van der Waals surface area contributed by atoms with Gasteiger partial charge in [0.2, 0.25) is 0 Å². The van der Waals surface area contributed by atoms with Crippen LogP contribution in [0.3, 0.4) is 0 Å². The predicted molar refractivity (Wildman–Crippen MR) is 67.6 cm³/mol. The molecule has 0 aliphatic rings. The van der Waals surface area contributed by atoms with Crippen molar-refractivity contribution in [3.8, 4) is 0 Å². The van der Waals surface area contributed by atoms with E-state index in [4.69, 9.17) is 4.74 Å². The van der Waals surface area contributed by atoms with Gasteiger partial charge in [-0.25, -0.2) is 0 Å². The van der Waals surface area contributed by atoms with Crippen LogP contribution in [0.15, 0.2) is 0 Å². The van der Waals surface area contributed by atoms with Crippen molar-refractivity contribution in [2.24, 2.45) is 5.92 Å². The summed E-state index contributed by atoms with van der Waals surface area (Å²) in [6, 6.07) is 0. The molecule has 0 saturated heterocycles. The molecule has 18 heavy (non-hydrogen) atoms. The molecule has 0 fully saturated rings. The van der Waals surface area contributed by atoms with E-state index in [0.717, 1.165) is 0 Å². The van der Waals surface area contributed by atoms with Crippen LogP contribution in [0.5, 0.6) is 0 Å².